The monoisotopic (exact) mass is 460 g/mol. The molecule has 3 atom stereocenters. The highest BCUT2D eigenvalue weighted by atomic mass is 32.1. The number of rotatable bonds is 5. The number of thiocarbonyl (C=S) groups is 1. The minimum Gasteiger partial charge on any atom is -0.376 e. The summed E-state index contributed by atoms with van der Waals surface area (Å²) in [6, 6.07) is 15.2. The van der Waals surface area contributed by atoms with E-state index in [1.54, 1.807) is 0 Å². The second-order valence-electron chi connectivity index (χ2n) is 9.42. The van der Waals surface area contributed by atoms with Crippen molar-refractivity contribution >= 4 is 17.3 Å². The first kappa shape index (κ1) is 22.1. The van der Waals surface area contributed by atoms with Gasteiger partial charge in [-0.3, -0.25) is 4.98 Å². The molecule has 3 aromatic rings. The maximum Gasteiger partial charge on any atom is 0.170 e. The van der Waals surface area contributed by atoms with Crippen molar-refractivity contribution < 1.29 is 4.74 Å². The van der Waals surface area contributed by atoms with E-state index in [2.05, 4.69) is 72.8 Å². The lowest BCUT2D eigenvalue weighted by Gasteiger charge is -2.30. The van der Waals surface area contributed by atoms with Crippen LogP contribution in [0.3, 0.4) is 0 Å². The number of nitrogens with one attached hydrogen (secondary N) is 1. The molecule has 2 aromatic heterocycles. The lowest BCUT2D eigenvalue weighted by Crippen LogP contribution is -2.36. The van der Waals surface area contributed by atoms with E-state index < -0.39 is 0 Å². The minimum atomic E-state index is -0.00620. The van der Waals surface area contributed by atoms with Gasteiger partial charge in [0.2, 0.25) is 0 Å². The summed E-state index contributed by atoms with van der Waals surface area (Å²) < 4.78 is 8.36. The lowest BCUT2D eigenvalue weighted by atomic mass is 9.96. The summed E-state index contributed by atoms with van der Waals surface area (Å²) in [6.07, 6.45) is 4.28. The zero-order chi connectivity index (χ0) is 23.1. The van der Waals surface area contributed by atoms with Gasteiger partial charge in [-0.25, -0.2) is 0 Å². The summed E-state index contributed by atoms with van der Waals surface area (Å²) in [4.78, 5) is 7.02. The van der Waals surface area contributed by atoms with Gasteiger partial charge in [-0.2, -0.15) is 0 Å². The van der Waals surface area contributed by atoms with Crippen LogP contribution in [0, 0.1) is 27.7 Å². The van der Waals surface area contributed by atoms with E-state index in [1.165, 1.54) is 33.8 Å². The van der Waals surface area contributed by atoms with Gasteiger partial charge in [0, 0.05) is 36.4 Å². The zero-order valence-corrected chi connectivity index (χ0v) is 20.7. The fraction of sp³-hybridized carbons (Fsp3) is 0.407. The van der Waals surface area contributed by atoms with Gasteiger partial charge in [0.05, 0.1) is 23.9 Å². The number of ether oxygens (including phenoxy) is 1. The van der Waals surface area contributed by atoms with Gasteiger partial charge in [-0.15, -0.1) is 0 Å². The number of hydrogen-bond donors (Lipinski definition) is 1. The average molecular weight is 461 g/mol. The molecule has 33 heavy (non-hydrogen) atoms. The second kappa shape index (κ2) is 8.92. The number of aromatic nitrogens is 2. The van der Waals surface area contributed by atoms with Crippen LogP contribution in [0.5, 0.6) is 0 Å². The Morgan fingerprint density at radius 2 is 1.88 bits per heavy atom. The molecular formula is C27H32N4OS. The summed E-state index contributed by atoms with van der Waals surface area (Å²) in [5.74, 6) is 0. The molecule has 3 unspecified atom stereocenters. The summed E-state index contributed by atoms with van der Waals surface area (Å²) in [6.45, 7) is 10.4. The first-order chi connectivity index (χ1) is 15.9. The number of pyridine rings is 1. The number of nitrogens with zero attached hydrogens (tertiary/aromatic N) is 3. The number of benzene rings is 1. The van der Waals surface area contributed by atoms with Crippen molar-refractivity contribution in [1.82, 2.24) is 19.8 Å². The molecule has 2 aliphatic rings. The van der Waals surface area contributed by atoms with Crippen LogP contribution >= 0.6 is 12.2 Å². The Hall–Kier alpha value is -2.70. The Morgan fingerprint density at radius 1 is 1.09 bits per heavy atom. The molecule has 1 N–H and O–H groups in total. The molecule has 0 amide bonds. The van der Waals surface area contributed by atoms with Crippen molar-refractivity contribution in [3.05, 3.63) is 82.4 Å². The van der Waals surface area contributed by atoms with E-state index in [1.807, 2.05) is 18.3 Å². The number of aryl methyl sites for hydroxylation is 3. The van der Waals surface area contributed by atoms with Crippen molar-refractivity contribution in [2.45, 2.75) is 58.7 Å². The summed E-state index contributed by atoms with van der Waals surface area (Å²) in [5, 5.41) is 4.37. The van der Waals surface area contributed by atoms with Crippen LogP contribution < -0.4 is 5.32 Å². The van der Waals surface area contributed by atoms with Crippen molar-refractivity contribution in [3.8, 4) is 5.69 Å². The second-order valence-corrected chi connectivity index (χ2v) is 9.81. The van der Waals surface area contributed by atoms with Gasteiger partial charge < -0.3 is 19.5 Å². The molecule has 2 saturated heterocycles. The van der Waals surface area contributed by atoms with E-state index in [4.69, 9.17) is 21.9 Å². The molecule has 2 fully saturated rings. The van der Waals surface area contributed by atoms with Crippen molar-refractivity contribution in [3.63, 3.8) is 0 Å². The molecule has 172 valence electrons. The minimum absolute atomic E-state index is 0.00620. The molecule has 4 heterocycles. The normalized spacial score (nSPS) is 22.7. The lowest BCUT2D eigenvalue weighted by molar-refractivity contribution is 0.0842. The first-order valence-corrected chi connectivity index (χ1v) is 12.2. The third-order valence-electron chi connectivity index (χ3n) is 6.88. The summed E-state index contributed by atoms with van der Waals surface area (Å²) >= 11 is 5.86. The van der Waals surface area contributed by atoms with Crippen LogP contribution in [0.15, 0.2) is 48.7 Å². The van der Waals surface area contributed by atoms with Crippen LogP contribution in [-0.4, -0.2) is 38.8 Å². The summed E-state index contributed by atoms with van der Waals surface area (Å²) in [7, 11) is 0. The van der Waals surface area contributed by atoms with E-state index in [9.17, 15) is 0 Å². The third kappa shape index (κ3) is 4.18. The Bertz CT molecular complexity index is 1150. The van der Waals surface area contributed by atoms with E-state index in [0.29, 0.717) is 0 Å². The Morgan fingerprint density at radius 3 is 2.55 bits per heavy atom. The van der Waals surface area contributed by atoms with Crippen molar-refractivity contribution in [2.24, 2.45) is 0 Å². The SMILES string of the molecule is Cc1cc(C)cc(-n2c(C)cc(C3C(c4ccccn4)NC(=S)N3CC3CCCO3)c2C)c1. The highest BCUT2D eigenvalue weighted by Crippen LogP contribution is 2.42. The van der Waals surface area contributed by atoms with Gasteiger partial charge >= 0.3 is 0 Å². The van der Waals surface area contributed by atoms with Gasteiger partial charge in [0.25, 0.3) is 0 Å². The largest absolute Gasteiger partial charge is 0.376 e. The predicted octanol–water partition coefficient (Wildman–Crippen LogP) is 5.26. The van der Waals surface area contributed by atoms with E-state index in [-0.39, 0.29) is 18.2 Å². The maximum absolute atomic E-state index is 5.99. The standard InChI is InChI=1S/C27H32N4OS/c1-17-12-18(2)14-21(13-17)31-19(3)15-23(20(31)4)26-25(24-9-5-6-10-28-24)29-27(33)30(26)16-22-8-7-11-32-22/h5-6,9-10,12-15,22,25-26H,7-8,11,16H2,1-4H3,(H,29,33). The quantitative estimate of drug-likeness (QED) is 0.526. The summed E-state index contributed by atoms with van der Waals surface area (Å²) in [5.41, 5.74) is 8.52. The predicted molar refractivity (Wildman–Crippen MR) is 136 cm³/mol. The molecule has 0 radical (unpaired) electrons. The maximum atomic E-state index is 5.99. The fourth-order valence-corrected chi connectivity index (χ4v) is 5.83. The first-order valence-electron chi connectivity index (χ1n) is 11.8. The molecule has 1 aromatic carbocycles. The Kier molecular flexibility index (Phi) is 5.97. The molecular weight excluding hydrogens is 428 g/mol. The van der Waals surface area contributed by atoms with E-state index >= 15 is 0 Å². The molecule has 0 spiro atoms. The third-order valence-corrected chi connectivity index (χ3v) is 7.23. The van der Waals surface area contributed by atoms with Gasteiger partial charge in [-0.1, -0.05) is 12.1 Å². The Balaban J connectivity index is 1.60. The van der Waals surface area contributed by atoms with Gasteiger partial charge in [0.15, 0.2) is 5.11 Å². The highest BCUT2D eigenvalue weighted by molar-refractivity contribution is 7.80. The topological polar surface area (TPSA) is 42.3 Å². The molecule has 5 rings (SSSR count). The molecule has 2 aliphatic heterocycles. The van der Waals surface area contributed by atoms with Gasteiger partial charge in [-0.05, 0) is 99.8 Å². The van der Waals surface area contributed by atoms with Crippen molar-refractivity contribution in [2.75, 3.05) is 13.2 Å². The van der Waals surface area contributed by atoms with Crippen molar-refractivity contribution in [1.29, 1.82) is 0 Å². The van der Waals surface area contributed by atoms with Crippen LogP contribution in [-0.2, 0) is 4.74 Å². The molecule has 6 heteroatoms. The van der Waals surface area contributed by atoms with Crippen LogP contribution in [0.4, 0.5) is 0 Å². The van der Waals surface area contributed by atoms with Crippen LogP contribution in [0.1, 0.15) is 58.7 Å². The number of hydrogen-bond acceptors (Lipinski definition) is 3. The Labute approximate surface area is 201 Å². The zero-order valence-electron chi connectivity index (χ0n) is 19.8. The van der Waals surface area contributed by atoms with Gasteiger partial charge in [0.1, 0.15) is 0 Å². The smallest absolute Gasteiger partial charge is 0.170 e. The molecule has 0 bridgehead atoms. The molecule has 5 nitrogen and oxygen atoms in total. The van der Waals surface area contributed by atoms with E-state index in [0.717, 1.165) is 36.8 Å². The van der Waals surface area contributed by atoms with Crippen LogP contribution in [0.2, 0.25) is 0 Å². The molecule has 0 aliphatic carbocycles. The molecule has 0 saturated carbocycles. The van der Waals surface area contributed by atoms with Crippen LogP contribution in [0.25, 0.3) is 5.69 Å². The average Bonchev–Trinajstić information content (AvgIpc) is 3.47. The highest BCUT2D eigenvalue weighted by Gasteiger charge is 2.42. The fourth-order valence-electron chi connectivity index (χ4n) is 5.51.